The fraction of sp³-hybridized carbons (Fsp3) is 0.391. The van der Waals surface area contributed by atoms with Gasteiger partial charge in [-0.25, -0.2) is 4.79 Å². The van der Waals surface area contributed by atoms with Crippen LogP contribution in [0.15, 0.2) is 46.7 Å². The highest BCUT2D eigenvalue weighted by molar-refractivity contribution is 6.16. The molecule has 29 heavy (non-hydrogen) atoms. The second-order valence-corrected chi connectivity index (χ2v) is 7.26. The number of esters is 1. The van der Waals surface area contributed by atoms with E-state index in [2.05, 4.69) is 6.08 Å². The topological polar surface area (TPSA) is 76.1 Å². The van der Waals surface area contributed by atoms with Crippen LogP contribution in [0.25, 0.3) is 6.08 Å². The monoisotopic (exact) mass is 397 g/mol. The molecule has 0 fully saturated rings. The van der Waals surface area contributed by atoms with E-state index in [1.165, 1.54) is 38.7 Å². The maximum Gasteiger partial charge on any atom is 0.340 e. The van der Waals surface area contributed by atoms with E-state index in [9.17, 15) is 14.7 Å². The van der Waals surface area contributed by atoms with Gasteiger partial charge in [-0.3, -0.25) is 4.79 Å². The van der Waals surface area contributed by atoms with Gasteiger partial charge in [0.25, 0.3) is 5.91 Å². The number of ether oxygens (including phenoxy) is 2. The minimum absolute atomic E-state index is 0.00898. The summed E-state index contributed by atoms with van der Waals surface area (Å²) in [5.41, 5.74) is 3.20. The summed E-state index contributed by atoms with van der Waals surface area (Å²) in [5.74, 6) is -0.445. The molecule has 0 bridgehead atoms. The first kappa shape index (κ1) is 20.7. The summed E-state index contributed by atoms with van der Waals surface area (Å²) in [6.45, 7) is 2.31. The summed E-state index contributed by atoms with van der Waals surface area (Å²) in [6, 6.07) is 4.78. The molecule has 0 saturated carbocycles. The number of carbonyl (C=O) groups is 2. The van der Waals surface area contributed by atoms with Gasteiger partial charge in [0, 0.05) is 12.2 Å². The molecular formula is C23H27NO5. The lowest BCUT2D eigenvalue weighted by atomic mass is 9.97. The van der Waals surface area contributed by atoms with Crippen molar-refractivity contribution in [2.45, 2.75) is 39.0 Å². The van der Waals surface area contributed by atoms with Crippen LogP contribution in [-0.2, 0) is 14.3 Å². The number of benzene rings is 1. The quantitative estimate of drug-likeness (QED) is 0.447. The molecule has 0 atom stereocenters. The average Bonchev–Trinajstić information content (AvgIpc) is 2.97. The van der Waals surface area contributed by atoms with Crippen molar-refractivity contribution in [3.05, 3.63) is 52.3 Å². The lowest BCUT2D eigenvalue weighted by molar-refractivity contribution is -0.136. The van der Waals surface area contributed by atoms with Gasteiger partial charge >= 0.3 is 5.97 Å². The molecule has 0 aromatic heterocycles. The van der Waals surface area contributed by atoms with Crippen LogP contribution in [0.3, 0.4) is 0 Å². The fourth-order valence-corrected chi connectivity index (χ4v) is 3.84. The van der Waals surface area contributed by atoms with Gasteiger partial charge in [-0.05, 0) is 62.8 Å². The number of phenolic OH excluding ortho intramolecular Hbond substituents is 1. The van der Waals surface area contributed by atoms with E-state index in [1.807, 2.05) is 0 Å². The lowest BCUT2D eigenvalue weighted by Gasteiger charge is -2.20. The Labute approximate surface area is 171 Å². The standard InChI is InChI=1S/C23H27NO5/c1-15-21(23(27)29-3)18(13-17-9-10-19(25)20(14-17)28-2)22(26)24(15)12-11-16-7-5-4-6-8-16/h7,9-10,13-14,25H,4-6,8,11-12H2,1-3H3/b18-13-. The number of nitrogens with zero attached hydrogens (tertiary/aromatic N) is 1. The summed E-state index contributed by atoms with van der Waals surface area (Å²) in [5, 5.41) is 9.79. The highest BCUT2D eigenvalue weighted by Gasteiger charge is 2.36. The Morgan fingerprint density at radius 1 is 1.28 bits per heavy atom. The van der Waals surface area contributed by atoms with Gasteiger partial charge in [0.1, 0.15) is 0 Å². The van der Waals surface area contributed by atoms with Crippen LogP contribution in [0, 0.1) is 0 Å². The minimum Gasteiger partial charge on any atom is -0.504 e. The van der Waals surface area contributed by atoms with Crippen molar-refractivity contribution in [2.75, 3.05) is 20.8 Å². The first-order valence-electron chi connectivity index (χ1n) is 9.84. The van der Waals surface area contributed by atoms with Crippen LogP contribution >= 0.6 is 0 Å². The van der Waals surface area contributed by atoms with Crippen LogP contribution in [0.4, 0.5) is 0 Å². The molecule has 1 aromatic rings. The van der Waals surface area contributed by atoms with Gasteiger partial charge in [-0.2, -0.15) is 0 Å². The molecule has 2 aliphatic rings. The number of hydrogen-bond acceptors (Lipinski definition) is 5. The van der Waals surface area contributed by atoms with Gasteiger partial charge < -0.3 is 19.5 Å². The third-order valence-corrected chi connectivity index (χ3v) is 5.46. The van der Waals surface area contributed by atoms with E-state index in [4.69, 9.17) is 9.47 Å². The number of allylic oxidation sites excluding steroid dienone is 2. The predicted molar refractivity (Wildman–Crippen MR) is 110 cm³/mol. The third kappa shape index (κ3) is 4.36. The number of hydrogen-bond donors (Lipinski definition) is 1. The molecule has 154 valence electrons. The van der Waals surface area contributed by atoms with E-state index in [0.29, 0.717) is 29.1 Å². The first-order chi connectivity index (χ1) is 14.0. The smallest absolute Gasteiger partial charge is 0.340 e. The molecule has 0 radical (unpaired) electrons. The Morgan fingerprint density at radius 2 is 2.07 bits per heavy atom. The minimum atomic E-state index is -0.535. The number of rotatable bonds is 6. The maximum atomic E-state index is 13.2. The average molecular weight is 397 g/mol. The zero-order chi connectivity index (χ0) is 21.0. The molecule has 0 saturated heterocycles. The van der Waals surface area contributed by atoms with Crippen LogP contribution in [0.1, 0.15) is 44.6 Å². The highest BCUT2D eigenvalue weighted by Crippen LogP contribution is 2.34. The zero-order valence-corrected chi connectivity index (χ0v) is 17.2. The Kier molecular flexibility index (Phi) is 6.42. The fourth-order valence-electron chi connectivity index (χ4n) is 3.84. The van der Waals surface area contributed by atoms with Crippen molar-refractivity contribution in [1.82, 2.24) is 4.90 Å². The Hall–Kier alpha value is -3.02. The Morgan fingerprint density at radius 3 is 2.72 bits per heavy atom. The second-order valence-electron chi connectivity index (χ2n) is 7.26. The summed E-state index contributed by atoms with van der Waals surface area (Å²) in [4.78, 5) is 27.2. The van der Waals surface area contributed by atoms with E-state index in [1.54, 1.807) is 30.0 Å². The summed E-state index contributed by atoms with van der Waals surface area (Å²) in [7, 11) is 2.77. The van der Waals surface area contributed by atoms with Crippen LogP contribution in [-0.4, -0.2) is 42.6 Å². The molecule has 1 aliphatic heterocycles. The second kappa shape index (κ2) is 8.99. The number of carbonyl (C=O) groups excluding carboxylic acids is 2. The maximum absolute atomic E-state index is 13.2. The molecule has 1 aliphatic carbocycles. The van der Waals surface area contributed by atoms with Crippen LogP contribution in [0.2, 0.25) is 0 Å². The SMILES string of the molecule is COC(=O)C1=C(C)N(CCC2=CCCCC2)C(=O)/C1=C\c1ccc(O)c(OC)c1. The van der Waals surface area contributed by atoms with Gasteiger partial charge in [-0.15, -0.1) is 0 Å². The Bertz CT molecular complexity index is 910. The largest absolute Gasteiger partial charge is 0.504 e. The lowest BCUT2D eigenvalue weighted by Crippen LogP contribution is -2.26. The first-order valence-corrected chi connectivity index (χ1v) is 9.84. The third-order valence-electron chi connectivity index (χ3n) is 5.46. The van der Waals surface area contributed by atoms with Gasteiger partial charge in [0.15, 0.2) is 11.5 Å². The number of aromatic hydroxyl groups is 1. The molecule has 6 heteroatoms. The molecule has 1 aromatic carbocycles. The van der Waals surface area contributed by atoms with Crippen molar-refractivity contribution in [3.63, 3.8) is 0 Å². The van der Waals surface area contributed by atoms with Crippen molar-refractivity contribution >= 4 is 18.0 Å². The number of methoxy groups -OCH3 is 2. The van der Waals surface area contributed by atoms with Gasteiger partial charge in [-0.1, -0.05) is 17.7 Å². The molecule has 1 N–H and O–H groups in total. The molecule has 0 unspecified atom stereocenters. The Balaban J connectivity index is 1.92. The van der Waals surface area contributed by atoms with E-state index in [0.717, 1.165) is 19.3 Å². The molecule has 0 spiro atoms. The van der Waals surface area contributed by atoms with E-state index < -0.39 is 5.97 Å². The summed E-state index contributed by atoms with van der Waals surface area (Å²) >= 11 is 0. The van der Waals surface area contributed by atoms with Crippen LogP contribution < -0.4 is 4.74 Å². The predicted octanol–water partition coefficient (Wildman–Crippen LogP) is 3.96. The number of phenols is 1. The van der Waals surface area contributed by atoms with Gasteiger partial charge in [0.2, 0.25) is 0 Å². The molecule has 6 nitrogen and oxygen atoms in total. The summed E-state index contributed by atoms with van der Waals surface area (Å²) < 4.78 is 10.1. The highest BCUT2D eigenvalue weighted by atomic mass is 16.5. The van der Waals surface area contributed by atoms with Crippen molar-refractivity contribution in [3.8, 4) is 11.5 Å². The van der Waals surface area contributed by atoms with Crippen molar-refractivity contribution < 1.29 is 24.2 Å². The van der Waals surface area contributed by atoms with E-state index in [-0.39, 0.29) is 17.2 Å². The normalized spacial score (nSPS) is 18.3. The molecular weight excluding hydrogens is 370 g/mol. The molecule has 1 heterocycles. The zero-order valence-electron chi connectivity index (χ0n) is 17.2. The van der Waals surface area contributed by atoms with Crippen molar-refractivity contribution in [1.29, 1.82) is 0 Å². The van der Waals surface area contributed by atoms with Gasteiger partial charge in [0.05, 0.1) is 25.4 Å². The van der Waals surface area contributed by atoms with Crippen molar-refractivity contribution in [2.24, 2.45) is 0 Å². The number of amides is 1. The molecule has 1 amide bonds. The van der Waals surface area contributed by atoms with Crippen LogP contribution in [0.5, 0.6) is 11.5 Å². The van der Waals surface area contributed by atoms with E-state index >= 15 is 0 Å². The summed E-state index contributed by atoms with van der Waals surface area (Å²) in [6.07, 6.45) is 9.29. The molecule has 3 rings (SSSR count).